The Morgan fingerprint density at radius 2 is 1.81 bits per heavy atom. The number of benzene rings is 2. The zero-order valence-corrected chi connectivity index (χ0v) is 17.7. The second-order valence-corrected chi connectivity index (χ2v) is 7.03. The lowest BCUT2D eigenvalue weighted by molar-refractivity contribution is -0.144. The van der Waals surface area contributed by atoms with Crippen molar-refractivity contribution >= 4 is 35.6 Å². The number of aryl methyl sites for hydroxylation is 1. The van der Waals surface area contributed by atoms with Crippen LogP contribution in [0.4, 0.5) is 10.5 Å². The van der Waals surface area contributed by atoms with Crippen LogP contribution in [0.3, 0.4) is 0 Å². The van der Waals surface area contributed by atoms with Gasteiger partial charge < -0.3 is 14.6 Å². The number of hydrogen-bond donors (Lipinski definition) is 2. The number of carbonyl (C=O) groups is 4. The Labute approximate surface area is 184 Å². The first-order chi connectivity index (χ1) is 15.2. The van der Waals surface area contributed by atoms with E-state index in [9.17, 15) is 19.2 Å². The molecule has 166 valence electrons. The number of anilines is 1. The van der Waals surface area contributed by atoms with Crippen molar-refractivity contribution in [3.8, 4) is 11.5 Å². The summed E-state index contributed by atoms with van der Waals surface area (Å²) in [4.78, 5) is 49.6. The standard InChI is InChI=1S/C23H22N2O7/c1-4-31-19-12-15(7-10-18(19)32-14(3)22(28)29)11-17-20(26)24-23(30)25(21(17)27)16-8-5-13(2)6-9-16/h5-12,14H,4H2,1-3H3,(H,28,29)(H,24,26,30)/b17-11-. The van der Waals surface area contributed by atoms with E-state index in [1.165, 1.54) is 25.1 Å². The first-order valence-corrected chi connectivity index (χ1v) is 9.85. The first-order valence-electron chi connectivity index (χ1n) is 9.85. The average Bonchev–Trinajstić information content (AvgIpc) is 2.74. The van der Waals surface area contributed by atoms with Gasteiger partial charge in [-0.25, -0.2) is 14.5 Å². The summed E-state index contributed by atoms with van der Waals surface area (Å²) < 4.78 is 10.9. The van der Waals surface area contributed by atoms with E-state index >= 15 is 0 Å². The summed E-state index contributed by atoms with van der Waals surface area (Å²) in [6.45, 7) is 5.29. The molecule has 0 radical (unpaired) electrons. The highest BCUT2D eigenvalue weighted by Gasteiger charge is 2.36. The molecule has 1 heterocycles. The van der Waals surface area contributed by atoms with Crippen molar-refractivity contribution < 1.29 is 33.8 Å². The summed E-state index contributed by atoms with van der Waals surface area (Å²) in [6.07, 6.45) is 0.233. The van der Waals surface area contributed by atoms with Gasteiger partial charge in [0.2, 0.25) is 0 Å². The SMILES string of the molecule is CCOc1cc(/C=C2/C(=O)NC(=O)N(c3ccc(C)cc3)C2=O)ccc1OC(C)C(=O)O. The second kappa shape index (κ2) is 9.34. The molecule has 32 heavy (non-hydrogen) atoms. The Morgan fingerprint density at radius 3 is 2.44 bits per heavy atom. The minimum absolute atomic E-state index is 0.208. The molecule has 1 unspecified atom stereocenters. The summed E-state index contributed by atoms with van der Waals surface area (Å²) in [5.74, 6) is -2.25. The molecule has 0 aromatic heterocycles. The van der Waals surface area contributed by atoms with E-state index in [1.807, 2.05) is 6.92 Å². The van der Waals surface area contributed by atoms with Crippen LogP contribution in [0.5, 0.6) is 11.5 Å². The molecule has 0 spiro atoms. The van der Waals surface area contributed by atoms with Gasteiger partial charge in [0.15, 0.2) is 17.6 Å². The van der Waals surface area contributed by atoms with E-state index in [-0.39, 0.29) is 23.7 Å². The number of carboxylic acid groups (broad SMARTS) is 1. The lowest BCUT2D eigenvalue weighted by atomic mass is 10.1. The highest BCUT2D eigenvalue weighted by atomic mass is 16.5. The molecular weight excluding hydrogens is 416 g/mol. The number of carboxylic acids is 1. The number of hydrogen-bond acceptors (Lipinski definition) is 6. The molecule has 2 aromatic rings. The van der Waals surface area contributed by atoms with Crippen LogP contribution >= 0.6 is 0 Å². The van der Waals surface area contributed by atoms with Gasteiger partial charge in [-0.05, 0) is 56.7 Å². The van der Waals surface area contributed by atoms with Crippen LogP contribution in [0.15, 0.2) is 48.0 Å². The van der Waals surface area contributed by atoms with E-state index in [0.717, 1.165) is 10.5 Å². The molecule has 0 bridgehead atoms. The Hall–Kier alpha value is -4.14. The number of barbiturate groups is 1. The zero-order chi connectivity index (χ0) is 23.4. The van der Waals surface area contributed by atoms with Gasteiger partial charge in [-0.3, -0.25) is 14.9 Å². The molecule has 0 aliphatic carbocycles. The summed E-state index contributed by atoms with van der Waals surface area (Å²) in [5, 5.41) is 11.2. The van der Waals surface area contributed by atoms with Crippen molar-refractivity contribution in [2.75, 3.05) is 11.5 Å². The second-order valence-electron chi connectivity index (χ2n) is 7.03. The van der Waals surface area contributed by atoms with Crippen LogP contribution < -0.4 is 19.7 Å². The molecule has 2 N–H and O–H groups in total. The normalized spacial score (nSPS) is 16.0. The molecule has 1 saturated heterocycles. The number of nitrogens with zero attached hydrogens (tertiary/aromatic N) is 1. The molecule has 9 heteroatoms. The highest BCUT2D eigenvalue weighted by molar-refractivity contribution is 6.39. The Kier molecular flexibility index (Phi) is 6.58. The molecule has 1 fully saturated rings. The topological polar surface area (TPSA) is 122 Å². The van der Waals surface area contributed by atoms with Crippen LogP contribution in [-0.2, 0) is 14.4 Å². The van der Waals surface area contributed by atoms with Crippen molar-refractivity contribution in [1.82, 2.24) is 5.32 Å². The van der Waals surface area contributed by atoms with Crippen molar-refractivity contribution in [3.05, 3.63) is 59.2 Å². The monoisotopic (exact) mass is 438 g/mol. The van der Waals surface area contributed by atoms with Crippen molar-refractivity contribution in [2.45, 2.75) is 26.9 Å². The van der Waals surface area contributed by atoms with Gasteiger partial charge in [0.1, 0.15) is 5.57 Å². The van der Waals surface area contributed by atoms with Gasteiger partial charge in [0.05, 0.1) is 12.3 Å². The summed E-state index contributed by atoms with van der Waals surface area (Å²) in [7, 11) is 0. The molecule has 1 aliphatic rings. The van der Waals surface area contributed by atoms with E-state index in [0.29, 0.717) is 11.3 Å². The van der Waals surface area contributed by atoms with Gasteiger partial charge in [0, 0.05) is 0 Å². The van der Waals surface area contributed by atoms with Gasteiger partial charge >= 0.3 is 12.0 Å². The average molecular weight is 438 g/mol. The fourth-order valence-corrected chi connectivity index (χ4v) is 2.97. The van der Waals surface area contributed by atoms with Crippen molar-refractivity contribution in [1.29, 1.82) is 0 Å². The number of ether oxygens (including phenoxy) is 2. The number of urea groups is 1. The lowest BCUT2D eigenvalue weighted by Crippen LogP contribution is -2.54. The fraction of sp³-hybridized carbons (Fsp3) is 0.217. The fourth-order valence-electron chi connectivity index (χ4n) is 2.97. The largest absolute Gasteiger partial charge is 0.490 e. The summed E-state index contributed by atoms with van der Waals surface area (Å²) in [5.41, 5.74) is 1.48. The molecular formula is C23H22N2O7. The molecule has 1 aliphatic heterocycles. The van der Waals surface area contributed by atoms with Crippen LogP contribution in [0.2, 0.25) is 0 Å². The number of amides is 4. The van der Waals surface area contributed by atoms with Gasteiger partial charge in [0.25, 0.3) is 11.8 Å². The van der Waals surface area contributed by atoms with Gasteiger partial charge in [-0.1, -0.05) is 23.8 Å². The first kappa shape index (κ1) is 22.5. The number of carbonyl (C=O) groups excluding carboxylic acids is 3. The smallest absolute Gasteiger partial charge is 0.344 e. The predicted octanol–water partition coefficient (Wildman–Crippen LogP) is 2.91. The van der Waals surface area contributed by atoms with Crippen molar-refractivity contribution in [3.63, 3.8) is 0 Å². The van der Waals surface area contributed by atoms with Crippen LogP contribution in [0.25, 0.3) is 6.08 Å². The van der Waals surface area contributed by atoms with Crippen LogP contribution in [0, 0.1) is 6.92 Å². The van der Waals surface area contributed by atoms with Crippen LogP contribution in [-0.4, -0.2) is 41.6 Å². The third-order valence-electron chi connectivity index (χ3n) is 4.62. The summed E-state index contributed by atoms with van der Waals surface area (Å²) in [6, 6.07) is 10.5. The number of rotatable bonds is 7. The van der Waals surface area contributed by atoms with Gasteiger partial charge in [-0.15, -0.1) is 0 Å². The quantitative estimate of drug-likeness (QED) is 0.503. The van der Waals surface area contributed by atoms with Gasteiger partial charge in [-0.2, -0.15) is 0 Å². The minimum atomic E-state index is -1.14. The maximum atomic E-state index is 13.0. The third kappa shape index (κ3) is 4.77. The Morgan fingerprint density at radius 1 is 1.12 bits per heavy atom. The zero-order valence-electron chi connectivity index (χ0n) is 17.7. The maximum absolute atomic E-state index is 13.0. The molecule has 2 aromatic carbocycles. The Bertz CT molecular complexity index is 1110. The van der Waals surface area contributed by atoms with Crippen LogP contribution in [0.1, 0.15) is 25.0 Å². The van der Waals surface area contributed by atoms with E-state index < -0.39 is 29.9 Å². The van der Waals surface area contributed by atoms with Crippen molar-refractivity contribution in [2.24, 2.45) is 0 Å². The Balaban J connectivity index is 1.96. The molecule has 9 nitrogen and oxygen atoms in total. The number of nitrogens with one attached hydrogen (secondary N) is 1. The highest BCUT2D eigenvalue weighted by Crippen LogP contribution is 2.31. The maximum Gasteiger partial charge on any atom is 0.344 e. The van der Waals surface area contributed by atoms with E-state index in [2.05, 4.69) is 5.32 Å². The number of aliphatic carboxylic acids is 1. The predicted molar refractivity (Wildman–Crippen MR) is 116 cm³/mol. The molecule has 0 saturated carbocycles. The number of imide groups is 2. The summed E-state index contributed by atoms with van der Waals surface area (Å²) >= 11 is 0. The lowest BCUT2D eigenvalue weighted by Gasteiger charge is -2.26. The third-order valence-corrected chi connectivity index (χ3v) is 4.62. The molecule has 4 amide bonds. The van der Waals surface area contributed by atoms with E-state index in [1.54, 1.807) is 37.3 Å². The molecule has 3 rings (SSSR count). The van der Waals surface area contributed by atoms with E-state index in [4.69, 9.17) is 14.6 Å². The minimum Gasteiger partial charge on any atom is -0.490 e. The molecule has 1 atom stereocenters.